The summed E-state index contributed by atoms with van der Waals surface area (Å²) < 4.78 is 23.6. The number of likely N-dealkylation sites (N-methyl/N-ethyl adjacent to an activating group) is 1. The summed E-state index contributed by atoms with van der Waals surface area (Å²) in [4.78, 5) is 23.1. The standard InChI is InChI=1S/C42H87N2O6P/c1-6-8-10-12-14-16-18-20-22-24-26-28-30-32-34-36-42(46)43-40(39-50-51(47,48)49-38-37-44(3,4)5)41(45)35-33-31-29-27-25-23-21-19-17-15-13-11-9-7-2/h40-41,45H,6-39H2,1-5H3,(H-,43,46,47,48)/p+1/t40-,41+/m0/s1. The molecule has 1 amide bonds. The van der Waals surface area contributed by atoms with Crippen LogP contribution in [0.25, 0.3) is 0 Å². The van der Waals surface area contributed by atoms with Crippen molar-refractivity contribution in [1.29, 1.82) is 0 Å². The number of amides is 1. The lowest BCUT2D eigenvalue weighted by atomic mass is 10.0. The smallest absolute Gasteiger partial charge is 0.391 e. The third-order valence-corrected chi connectivity index (χ3v) is 11.1. The Morgan fingerprint density at radius 3 is 1.31 bits per heavy atom. The highest BCUT2D eigenvalue weighted by molar-refractivity contribution is 7.47. The van der Waals surface area contributed by atoms with Crippen LogP contribution in [0.2, 0.25) is 0 Å². The summed E-state index contributed by atoms with van der Waals surface area (Å²) in [6.45, 7) is 4.90. The number of nitrogens with one attached hydrogen (secondary N) is 1. The van der Waals surface area contributed by atoms with Gasteiger partial charge in [-0.05, 0) is 12.8 Å². The van der Waals surface area contributed by atoms with Gasteiger partial charge in [0.05, 0.1) is 39.9 Å². The Hall–Kier alpha value is -0.500. The quantitative estimate of drug-likeness (QED) is 0.0327. The monoisotopic (exact) mass is 748 g/mol. The van der Waals surface area contributed by atoms with E-state index in [9.17, 15) is 19.4 Å². The molecule has 0 rings (SSSR count). The lowest BCUT2D eigenvalue weighted by molar-refractivity contribution is -0.870. The molecule has 0 saturated carbocycles. The van der Waals surface area contributed by atoms with Crippen LogP contribution in [0.1, 0.15) is 213 Å². The zero-order valence-corrected chi connectivity index (χ0v) is 35.5. The molecule has 0 aliphatic heterocycles. The Morgan fingerprint density at radius 1 is 0.588 bits per heavy atom. The molecule has 0 saturated heterocycles. The van der Waals surface area contributed by atoms with Crippen LogP contribution in [0.15, 0.2) is 0 Å². The van der Waals surface area contributed by atoms with Crippen molar-refractivity contribution >= 4 is 13.7 Å². The molecule has 3 N–H and O–H groups in total. The van der Waals surface area contributed by atoms with E-state index >= 15 is 0 Å². The average molecular weight is 748 g/mol. The fourth-order valence-electron chi connectivity index (χ4n) is 6.58. The SMILES string of the molecule is CCCCCCCCCCCCCCCCCC(=O)N[C@@H](COP(=O)(O)OCC[N+](C)(C)C)[C@H](O)CCCCCCCCCCCCCCCC. The number of aliphatic hydroxyl groups excluding tert-OH is 1. The number of unbranched alkanes of at least 4 members (excludes halogenated alkanes) is 27. The summed E-state index contributed by atoms with van der Waals surface area (Å²) in [6, 6.07) is -0.752. The van der Waals surface area contributed by atoms with E-state index in [2.05, 4.69) is 19.2 Å². The van der Waals surface area contributed by atoms with Gasteiger partial charge in [-0.15, -0.1) is 0 Å². The number of phosphoric ester groups is 1. The van der Waals surface area contributed by atoms with Crippen LogP contribution in [0.5, 0.6) is 0 Å². The maximum absolute atomic E-state index is 12.9. The molecule has 8 nitrogen and oxygen atoms in total. The molecule has 0 aromatic rings. The number of rotatable bonds is 40. The maximum atomic E-state index is 12.9. The first kappa shape index (κ1) is 50.5. The Balaban J connectivity index is 4.35. The normalized spacial score (nSPS) is 14.4. The van der Waals surface area contributed by atoms with Crippen LogP contribution in [0.3, 0.4) is 0 Å². The van der Waals surface area contributed by atoms with E-state index in [4.69, 9.17) is 9.05 Å². The minimum Gasteiger partial charge on any atom is -0.391 e. The van der Waals surface area contributed by atoms with Gasteiger partial charge in [-0.1, -0.05) is 194 Å². The molecule has 306 valence electrons. The van der Waals surface area contributed by atoms with Gasteiger partial charge < -0.3 is 19.8 Å². The molecule has 0 aliphatic rings. The van der Waals surface area contributed by atoms with Crippen LogP contribution < -0.4 is 5.32 Å². The summed E-state index contributed by atoms with van der Waals surface area (Å²) in [5.74, 6) is -0.142. The second kappa shape index (κ2) is 35.2. The fourth-order valence-corrected chi connectivity index (χ4v) is 7.31. The first-order chi connectivity index (χ1) is 24.5. The van der Waals surface area contributed by atoms with E-state index in [0.29, 0.717) is 23.9 Å². The molecule has 0 spiro atoms. The van der Waals surface area contributed by atoms with Crippen molar-refractivity contribution < 1.29 is 32.9 Å². The minimum absolute atomic E-state index is 0.0785. The molecule has 1 unspecified atom stereocenters. The van der Waals surface area contributed by atoms with Gasteiger partial charge in [-0.3, -0.25) is 13.8 Å². The Kier molecular flexibility index (Phi) is 34.9. The number of phosphoric acid groups is 1. The Labute approximate surface area is 317 Å². The van der Waals surface area contributed by atoms with Gasteiger partial charge in [-0.25, -0.2) is 4.57 Å². The molecular weight excluding hydrogens is 659 g/mol. The topological polar surface area (TPSA) is 105 Å². The molecule has 0 aromatic heterocycles. The first-order valence-electron chi connectivity index (χ1n) is 21.9. The van der Waals surface area contributed by atoms with Crippen LogP contribution in [0, 0.1) is 0 Å². The highest BCUT2D eigenvalue weighted by atomic mass is 31.2. The van der Waals surface area contributed by atoms with Crippen molar-refractivity contribution in [3.05, 3.63) is 0 Å². The van der Waals surface area contributed by atoms with Gasteiger partial charge in [-0.2, -0.15) is 0 Å². The lowest BCUT2D eigenvalue weighted by Crippen LogP contribution is -2.46. The molecule has 9 heteroatoms. The van der Waals surface area contributed by atoms with E-state index in [0.717, 1.165) is 38.5 Å². The summed E-state index contributed by atoms with van der Waals surface area (Å²) in [6.07, 6.45) is 36.9. The second-order valence-electron chi connectivity index (χ2n) is 16.4. The van der Waals surface area contributed by atoms with Crippen LogP contribution >= 0.6 is 7.82 Å². The predicted molar refractivity (Wildman–Crippen MR) is 217 cm³/mol. The van der Waals surface area contributed by atoms with Crippen molar-refractivity contribution in [2.45, 2.75) is 225 Å². The molecule has 3 atom stereocenters. The lowest BCUT2D eigenvalue weighted by Gasteiger charge is -2.26. The summed E-state index contributed by atoms with van der Waals surface area (Å²) in [5.41, 5.74) is 0. The van der Waals surface area contributed by atoms with E-state index in [1.807, 2.05) is 21.1 Å². The highest BCUT2D eigenvalue weighted by Crippen LogP contribution is 2.43. The van der Waals surface area contributed by atoms with Gasteiger partial charge >= 0.3 is 7.82 Å². The van der Waals surface area contributed by atoms with Gasteiger partial charge in [0.1, 0.15) is 13.2 Å². The van der Waals surface area contributed by atoms with Gasteiger partial charge in [0.15, 0.2) is 0 Å². The number of nitrogens with zero attached hydrogens (tertiary/aromatic N) is 1. The highest BCUT2D eigenvalue weighted by Gasteiger charge is 2.28. The Morgan fingerprint density at radius 2 is 0.941 bits per heavy atom. The fraction of sp³-hybridized carbons (Fsp3) is 0.976. The largest absolute Gasteiger partial charge is 0.472 e. The Bertz CT molecular complexity index is 809. The third kappa shape index (κ3) is 37.6. The van der Waals surface area contributed by atoms with E-state index in [-0.39, 0.29) is 19.1 Å². The average Bonchev–Trinajstić information content (AvgIpc) is 3.07. The van der Waals surface area contributed by atoms with Crippen LogP contribution in [0.4, 0.5) is 0 Å². The van der Waals surface area contributed by atoms with Crippen molar-refractivity contribution in [2.75, 3.05) is 40.9 Å². The number of hydrogen-bond acceptors (Lipinski definition) is 5. The van der Waals surface area contributed by atoms with Gasteiger partial charge in [0.2, 0.25) is 5.91 Å². The van der Waals surface area contributed by atoms with Crippen molar-refractivity contribution in [2.24, 2.45) is 0 Å². The maximum Gasteiger partial charge on any atom is 0.472 e. The van der Waals surface area contributed by atoms with Crippen LogP contribution in [-0.2, 0) is 18.4 Å². The molecule has 0 fully saturated rings. The van der Waals surface area contributed by atoms with Gasteiger partial charge in [0, 0.05) is 6.42 Å². The first-order valence-corrected chi connectivity index (χ1v) is 23.4. The number of carbonyl (C=O) groups is 1. The molecule has 0 bridgehead atoms. The predicted octanol–water partition coefficient (Wildman–Crippen LogP) is 11.8. The minimum atomic E-state index is -4.30. The third-order valence-electron chi connectivity index (χ3n) is 10.1. The van der Waals surface area contributed by atoms with E-state index in [1.165, 1.54) is 148 Å². The van der Waals surface area contributed by atoms with E-state index < -0.39 is 20.0 Å². The summed E-state index contributed by atoms with van der Waals surface area (Å²) >= 11 is 0. The second-order valence-corrected chi connectivity index (χ2v) is 17.9. The van der Waals surface area contributed by atoms with Gasteiger partial charge in [0.25, 0.3) is 0 Å². The molecule has 0 aliphatic carbocycles. The van der Waals surface area contributed by atoms with Crippen molar-refractivity contribution in [1.82, 2.24) is 5.32 Å². The molecule has 0 aromatic carbocycles. The summed E-state index contributed by atoms with van der Waals surface area (Å²) in [5, 5.41) is 13.9. The number of aliphatic hydroxyl groups is 1. The van der Waals surface area contributed by atoms with Crippen LogP contribution in [-0.4, -0.2) is 73.4 Å². The molecule has 51 heavy (non-hydrogen) atoms. The molecular formula is C42H88N2O6P+. The van der Waals surface area contributed by atoms with E-state index in [1.54, 1.807) is 0 Å². The number of quaternary nitrogens is 1. The number of carbonyl (C=O) groups excluding carboxylic acids is 1. The molecule has 0 heterocycles. The van der Waals surface area contributed by atoms with Crippen molar-refractivity contribution in [3.63, 3.8) is 0 Å². The molecule has 0 radical (unpaired) electrons. The van der Waals surface area contributed by atoms with Crippen molar-refractivity contribution in [3.8, 4) is 0 Å². The summed E-state index contributed by atoms with van der Waals surface area (Å²) in [7, 11) is 1.63. The zero-order chi connectivity index (χ0) is 37.9. The zero-order valence-electron chi connectivity index (χ0n) is 34.6. The number of hydrogen-bond donors (Lipinski definition) is 3.